The molecule has 0 heterocycles. The highest BCUT2D eigenvalue weighted by molar-refractivity contribution is 5.73. The minimum absolute atomic E-state index is 0.357. The summed E-state index contributed by atoms with van der Waals surface area (Å²) in [6.07, 6.45) is 0.551. The molecule has 15 heavy (non-hydrogen) atoms. The zero-order valence-corrected chi connectivity index (χ0v) is 9.30. The first kappa shape index (κ1) is 16.3. The van der Waals surface area contributed by atoms with Gasteiger partial charge in [-0.1, -0.05) is 13.8 Å². The summed E-state index contributed by atoms with van der Waals surface area (Å²) in [4.78, 5) is 19.7. The van der Waals surface area contributed by atoms with Crippen LogP contribution < -0.4 is 11.5 Å². The van der Waals surface area contributed by atoms with Gasteiger partial charge in [-0.05, 0) is 19.3 Å². The number of rotatable bonds is 4. The normalized spacial score (nSPS) is 13.7. The summed E-state index contributed by atoms with van der Waals surface area (Å²) in [5, 5.41) is 16.2. The molecule has 2 atom stereocenters. The highest BCUT2D eigenvalue weighted by atomic mass is 16.4. The van der Waals surface area contributed by atoms with Gasteiger partial charge in [0.2, 0.25) is 0 Å². The van der Waals surface area contributed by atoms with Gasteiger partial charge in [-0.15, -0.1) is 0 Å². The molecule has 0 aliphatic heterocycles. The highest BCUT2D eigenvalue weighted by Crippen LogP contribution is 2.01. The summed E-state index contributed by atoms with van der Waals surface area (Å²) < 4.78 is 0. The maximum Gasteiger partial charge on any atom is 0.320 e. The van der Waals surface area contributed by atoms with Crippen molar-refractivity contribution in [2.45, 2.75) is 39.3 Å². The summed E-state index contributed by atoms with van der Waals surface area (Å²) >= 11 is 0. The molecule has 0 saturated heterocycles. The third kappa shape index (κ3) is 12.9. The number of carboxylic acids is 2. The first-order valence-corrected chi connectivity index (χ1v) is 4.65. The van der Waals surface area contributed by atoms with Gasteiger partial charge < -0.3 is 21.7 Å². The van der Waals surface area contributed by atoms with Crippen molar-refractivity contribution in [2.24, 2.45) is 17.4 Å². The maximum atomic E-state index is 10.1. The lowest BCUT2D eigenvalue weighted by Crippen LogP contribution is -2.31. The van der Waals surface area contributed by atoms with E-state index in [-0.39, 0.29) is 0 Å². The molecule has 0 aromatic heterocycles. The Morgan fingerprint density at radius 3 is 1.47 bits per heavy atom. The van der Waals surface area contributed by atoms with Crippen molar-refractivity contribution in [3.63, 3.8) is 0 Å². The van der Waals surface area contributed by atoms with E-state index in [1.54, 1.807) is 0 Å². The molecular weight excluding hydrogens is 200 g/mol. The van der Waals surface area contributed by atoms with E-state index in [2.05, 4.69) is 0 Å². The molecule has 0 bridgehead atoms. The van der Waals surface area contributed by atoms with E-state index in [9.17, 15) is 9.59 Å². The Labute approximate surface area is 89.3 Å². The van der Waals surface area contributed by atoms with E-state index >= 15 is 0 Å². The van der Waals surface area contributed by atoms with Crippen LogP contribution in [-0.2, 0) is 9.59 Å². The maximum absolute atomic E-state index is 10.1. The fraction of sp³-hybridized carbons (Fsp3) is 0.778. The van der Waals surface area contributed by atoms with Crippen LogP contribution in [0.1, 0.15) is 27.2 Å². The van der Waals surface area contributed by atoms with Crippen molar-refractivity contribution in [3.05, 3.63) is 0 Å². The first-order chi connectivity index (χ1) is 6.68. The summed E-state index contributed by atoms with van der Waals surface area (Å²) in [5.41, 5.74) is 10.1. The van der Waals surface area contributed by atoms with E-state index in [0.29, 0.717) is 12.3 Å². The van der Waals surface area contributed by atoms with Crippen LogP contribution in [0.25, 0.3) is 0 Å². The topological polar surface area (TPSA) is 127 Å². The van der Waals surface area contributed by atoms with Crippen LogP contribution in [0.5, 0.6) is 0 Å². The molecule has 0 saturated carbocycles. The third-order valence-electron chi connectivity index (χ3n) is 1.43. The molecule has 0 radical (unpaired) electrons. The van der Waals surface area contributed by atoms with Crippen molar-refractivity contribution in [2.75, 3.05) is 0 Å². The van der Waals surface area contributed by atoms with Crippen LogP contribution in [0, 0.1) is 5.92 Å². The van der Waals surface area contributed by atoms with Crippen LogP contribution in [0.4, 0.5) is 0 Å². The highest BCUT2D eigenvalue weighted by Gasteiger charge is 2.11. The quantitative estimate of drug-likeness (QED) is 0.522. The van der Waals surface area contributed by atoms with Crippen LogP contribution in [0.2, 0.25) is 0 Å². The smallest absolute Gasteiger partial charge is 0.320 e. The Hall–Kier alpha value is -1.14. The number of aliphatic carboxylic acids is 2. The predicted octanol–water partition coefficient (Wildman–Crippen LogP) is -0.137. The Morgan fingerprint density at radius 1 is 1.07 bits per heavy atom. The van der Waals surface area contributed by atoms with Crippen LogP contribution >= 0.6 is 0 Å². The lowest BCUT2D eigenvalue weighted by molar-refractivity contribution is -0.139. The number of hydrogen-bond acceptors (Lipinski definition) is 4. The number of carbonyl (C=O) groups is 2. The molecule has 0 aromatic carbocycles. The number of carboxylic acid groups (broad SMARTS) is 2. The lowest BCUT2D eigenvalue weighted by Gasteiger charge is -2.07. The van der Waals surface area contributed by atoms with Crippen molar-refractivity contribution in [3.8, 4) is 0 Å². The molecule has 0 spiro atoms. The molecular formula is C9H20N2O4. The second-order valence-corrected chi connectivity index (χ2v) is 3.70. The Balaban J connectivity index is 0. The number of hydrogen-bond donors (Lipinski definition) is 4. The molecule has 0 fully saturated rings. The molecule has 6 heteroatoms. The van der Waals surface area contributed by atoms with E-state index in [1.165, 1.54) is 6.92 Å². The molecule has 0 rings (SSSR count). The Morgan fingerprint density at radius 2 is 1.40 bits per heavy atom. The molecule has 6 nitrogen and oxygen atoms in total. The van der Waals surface area contributed by atoms with Gasteiger partial charge in [0.05, 0.1) is 0 Å². The molecule has 0 aliphatic rings. The van der Waals surface area contributed by atoms with Gasteiger partial charge in [-0.3, -0.25) is 9.59 Å². The molecule has 0 aromatic rings. The Bertz CT molecular complexity index is 204. The molecule has 6 N–H and O–H groups in total. The lowest BCUT2D eigenvalue weighted by atomic mass is 10.1. The average Bonchev–Trinajstić information content (AvgIpc) is 2.03. The SMILES string of the molecule is CC(C)C[C@H](N)C(=O)O.C[C@H](N)C(=O)O. The minimum Gasteiger partial charge on any atom is -0.480 e. The second kappa shape index (κ2) is 8.19. The summed E-state index contributed by atoms with van der Waals surface area (Å²) in [6, 6.07) is -1.42. The molecule has 0 aliphatic carbocycles. The molecule has 0 unspecified atom stereocenters. The molecule has 0 amide bonds. The number of nitrogens with two attached hydrogens (primary N) is 2. The zero-order valence-electron chi connectivity index (χ0n) is 9.30. The van der Waals surface area contributed by atoms with Crippen LogP contribution in [-0.4, -0.2) is 34.2 Å². The van der Waals surface area contributed by atoms with Crippen molar-refractivity contribution in [1.82, 2.24) is 0 Å². The van der Waals surface area contributed by atoms with Crippen molar-refractivity contribution < 1.29 is 19.8 Å². The van der Waals surface area contributed by atoms with E-state index in [0.717, 1.165) is 0 Å². The van der Waals surface area contributed by atoms with E-state index < -0.39 is 24.0 Å². The van der Waals surface area contributed by atoms with Crippen LogP contribution in [0.15, 0.2) is 0 Å². The van der Waals surface area contributed by atoms with Gasteiger partial charge in [-0.25, -0.2) is 0 Å². The van der Waals surface area contributed by atoms with E-state index in [1.807, 2.05) is 13.8 Å². The van der Waals surface area contributed by atoms with Gasteiger partial charge in [0.25, 0.3) is 0 Å². The van der Waals surface area contributed by atoms with E-state index in [4.69, 9.17) is 21.7 Å². The largest absolute Gasteiger partial charge is 0.480 e. The van der Waals surface area contributed by atoms with Gasteiger partial charge in [-0.2, -0.15) is 0 Å². The summed E-state index contributed by atoms with van der Waals surface area (Å²) in [5.74, 6) is -1.52. The van der Waals surface area contributed by atoms with Crippen molar-refractivity contribution >= 4 is 11.9 Å². The summed E-state index contributed by atoms with van der Waals surface area (Å²) in [7, 11) is 0. The first-order valence-electron chi connectivity index (χ1n) is 4.65. The average molecular weight is 220 g/mol. The van der Waals surface area contributed by atoms with Gasteiger partial charge >= 0.3 is 11.9 Å². The Kier molecular flexibility index (Phi) is 8.90. The minimum atomic E-state index is -0.963. The standard InChI is InChI=1S/C6H13NO2.C3H7NO2/c1-4(2)3-5(7)6(8)9;1-2(4)3(5)6/h4-5H,3,7H2,1-2H3,(H,8,9);2H,4H2,1H3,(H,5,6)/t5-;2-/m00/s1. The fourth-order valence-electron chi connectivity index (χ4n) is 0.609. The second-order valence-electron chi connectivity index (χ2n) is 3.70. The van der Waals surface area contributed by atoms with Gasteiger partial charge in [0.15, 0.2) is 0 Å². The van der Waals surface area contributed by atoms with Crippen molar-refractivity contribution in [1.29, 1.82) is 0 Å². The van der Waals surface area contributed by atoms with Gasteiger partial charge in [0.1, 0.15) is 12.1 Å². The van der Waals surface area contributed by atoms with Crippen LogP contribution in [0.3, 0.4) is 0 Å². The third-order valence-corrected chi connectivity index (χ3v) is 1.43. The zero-order chi connectivity index (χ0) is 12.6. The van der Waals surface area contributed by atoms with Gasteiger partial charge in [0, 0.05) is 0 Å². The molecule has 90 valence electrons. The fourth-order valence-corrected chi connectivity index (χ4v) is 0.609. The predicted molar refractivity (Wildman–Crippen MR) is 56.4 cm³/mol. The summed E-state index contributed by atoms with van der Waals surface area (Å²) in [6.45, 7) is 5.31. The monoisotopic (exact) mass is 220 g/mol.